The molecule has 1 aliphatic carbocycles. The number of nitrogens with zero attached hydrogens (tertiary/aromatic N) is 4. The van der Waals surface area contributed by atoms with Crippen LogP contribution in [0.5, 0.6) is 0 Å². The molecule has 1 amide bonds. The number of hydrogen-bond donors (Lipinski definition) is 0. The lowest BCUT2D eigenvalue weighted by Gasteiger charge is -2.34. The summed E-state index contributed by atoms with van der Waals surface area (Å²) < 4.78 is 5.55. The molecule has 3 heterocycles. The predicted octanol–water partition coefficient (Wildman–Crippen LogP) is 3.62. The second kappa shape index (κ2) is 9.02. The van der Waals surface area contributed by atoms with Crippen LogP contribution in [0.15, 0.2) is 53.2 Å². The van der Waals surface area contributed by atoms with E-state index >= 15 is 0 Å². The van der Waals surface area contributed by atoms with E-state index in [0.29, 0.717) is 24.5 Å². The van der Waals surface area contributed by atoms with Gasteiger partial charge in [0.15, 0.2) is 11.5 Å². The topological polar surface area (TPSA) is 62.5 Å². The van der Waals surface area contributed by atoms with Crippen LogP contribution in [0.25, 0.3) is 11.3 Å². The minimum atomic E-state index is -0.0441. The van der Waals surface area contributed by atoms with E-state index in [4.69, 9.17) is 4.52 Å². The summed E-state index contributed by atoms with van der Waals surface area (Å²) in [6.45, 7) is 4.12. The van der Waals surface area contributed by atoms with Gasteiger partial charge in [-0.05, 0) is 55.0 Å². The van der Waals surface area contributed by atoms with Crippen molar-refractivity contribution in [2.45, 2.75) is 32.1 Å². The zero-order valence-electron chi connectivity index (χ0n) is 17.8. The highest BCUT2D eigenvalue weighted by atomic mass is 16.5. The highest BCUT2D eigenvalue weighted by molar-refractivity contribution is 5.93. The van der Waals surface area contributed by atoms with E-state index in [1.807, 2.05) is 23.2 Å². The lowest BCUT2D eigenvalue weighted by atomic mass is 9.90. The van der Waals surface area contributed by atoms with Crippen LogP contribution in [0.3, 0.4) is 0 Å². The summed E-state index contributed by atoms with van der Waals surface area (Å²) in [7, 11) is 0. The Kier molecular flexibility index (Phi) is 5.80. The first-order valence-corrected chi connectivity index (χ1v) is 11.3. The van der Waals surface area contributed by atoms with Gasteiger partial charge in [0.05, 0.1) is 0 Å². The van der Waals surface area contributed by atoms with Crippen LogP contribution in [0.2, 0.25) is 0 Å². The van der Waals surface area contributed by atoms with Gasteiger partial charge in [-0.2, -0.15) is 0 Å². The molecule has 0 atom stereocenters. The molecule has 0 spiro atoms. The maximum atomic E-state index is 12.9. The average Bonchev–Trinajstić information content (AvgIpc) is 3.33. The molecule has 0 unspecified atom stereocenters. The molecular formula is C25H28N4O2. The molecule has 5 rings (SSSR count). The summed E-state index contributed by atoms with van der Waals surface area (Å²) in [5.74, 6) is 0.628. The molecule has 31 heavy (non-hydrogen) atoms. The highest BCUT2D eigenvalue weighted by Crippen LogP contribution is 2.28. The number of carbonyl (C=O) groups excluding carboxylic acids is 1. The summed E-state index contributed by atoms with van der Waals surface area (Å²) in [4.78, 5) is 21.6. The number of pyridine rings is 1. The third-order valence-electron chi connectivity index (χ3n) is 6.43. The Morgan fingerprint density at radius 2 is 1.81 bits per heavy atom. The summed E-state index contributed by atoms with van der Waals surface area (Å²) >= 11 is 0. The van der Waals surface area contributed by atoms with Crippen molar-refractivity contribution in [2.24, 2.45) is 0 Å². The van der Waals surface area contributed by atoms with Crippen molar-refractivity contribution in [3.63, 3.8) is 0 Å². The molecule has 6 nitrogen and oxygen atoms in total. The summed E-state index contributed by atoms with van der Waals surface area (Å²) in [6, 6.07) is 14.3. The van der Waals surface area contributed by atoms with Crippen LogP contribution in [-0.2, 0) is 19.3 Å². The van der Waals surface area contributed by atoms with E-state index in [1.54, 1.807) is 6.07 Å². The number of carbonyl (C=O) groups is 1. The highest BCUT2D eigenvalue weighted by Gasteiger charge is 2.25. The van der Waals surface area contributed by atoms with Gasteiger partial charge in [-0.3, -0.25) is 14.7 Å². The molecule has 3 aromatic rings. The Labute approximate surface area is 182 Å². The zero-order chi connectivity index (χ0) is 21.0. The van der Waals surface area contributed by atoms with E-state index in [2.05, 4.69) is 39.3 Å². The zero-order valence-corrected chi connectivity index (χ0v) is 17.8. The Balaban J connectivity index is 1.18. The van der Waals surface area contributed by atoms with Gasteiger partial charge in [0.25, 0.3) is 5.91 Å². The Hall–Kier alpha value is -2.99. The van der Waals surface area contributed by atoms with Crippen molar-refractivity contribution in [3.8, 4) is 11.3 Å². The van der Waals surface area contributed by atoms with Gasteiger partial charge in [0.1, 0.15) is 0 Å². The average molecular weight is 417 g/mol. The first-order valence-electron chi connectivity index (χ1n) is 11.3. The van der Waals surface area contributed by atoms with Crippen molar-refractivity contribution in [3.05, 3.63) is 71.2 Å². The van der Waals surface area contributed by atoms with E-state index < -0.39 is 0 Å². The van der Waals surface area contributed by atoms with E-state index in [-0.39, 0.29) is 5.91 Å². The van der Waals surface area contributed by atoms with Gasteiger partial charge >= 0.3 is 0 Å². The largest absolute Gasteiger partial charge is 0.355 e. The standard InChI is InChI=1S/C25H28N4O2/c30-25(29-15-13-28(14-16-29)12-10-22-7-3-4-11-26-22)23-18-24(31-27-23)21-9-8-19-5-1-2-6-20(19)17-21/h3-4,7-9,11,17-18H,1-2,5-6,10,12-16H2. The summed E-state index contributed by atoms with van der Waals surface area (Å²) in [5.41, 5.74) is 5.35. The van der Waals surface area contributed by atoms with E-state index in [9.17, 15) is 4.79 Å². The molecule has 0 N–H and O–H groups in total. The van der Waals surface area contributed by atoms with Gasteiger partial charge in [0.2, 0.25) is 0 Å². The van der Waals surface area contributed by atoms with Crippen LogP contribution in [-0.4, -0.2) is 58.6 Å². The second-order valence-corrected chi connectivity index (χ2v) is 8.47. The fourth-order valence-corrected chi connectivity index (χ4v) is 4.55. The SMILES string of the molecule is O=C(c1cc(-c2ccc3c(c2)CCCC3)on1)N1CCN(CCc2ccccn2)CC1. The minimum Gasteiger partial charge on any atom is -0.355 e. The predicted molar refractivity (Wildman–Crippen MR) is 119 cm³/mol. The normalized spacial score (nSPS) is 16.8. The molecule has 0 radical (unpaired) electrons. The maximum Gasteiger partial charge on any atom is 0.276 e. The van der Waals surface area contributed by atoms with Gasteiger partial charge in [0, 0.05) is 62.7 Å². The van der Waals surface area contributed by atoms with Crippen molar-refractivity contribution in [1.29, 1.82) is 0 Å². The van der Waals surface area contributed by atoms with Crippen LogP contribution in [0.4, 0.5) is 0 Å². The number of piperazine rings is 1. The first kappa shape index (κ1) is 19.9. The molecule has 2 aliphatic rings. The van der Waals surface area contributed by atoms with Crippen LogP contribution < -0.4 is 0 Å². The van der Waals surface area contributed by atoms with Crippen molar-refractivity contribution in [1.82, 2.24) is 19.9 Å². The third-order valence-corrected chi connectivity index (χ3v) is 6.43. The number of aryl methyl sites for hydroxylation is 2. The molecule has 1 aliphatic heterocycles. The lowest BCUT2D eigenvalue weighted by molar-refractivity contribution is 0.0628. The monoisotopic (exact) mass is 416 g/mol. The van der Waals surface area contributed by atoms with Gasteiger partial charge < -0.3 is 9.42 Å². The Bertz CT molecular complexity index is 1040. The van der Waals surface area contributed by atoms with Crippen molar-refractivity contribution < 1.29 is 9.32 Å². The van der Waals surface area contributed by atoms with Gasteiger partial charge in [-0.1, -0.05) is 23.4 Å². The Morgan fingerprint density at radius 3 is 2.61 bits per heavy atom. The summed E-state index contributed by atoms with van der Waals surface area (Å²) in [6.07, 6.45) is 7.55. The number of benzene rings is 1. The van der Waals surface area contributed by atoms with Crippen molar-refractivity contribution >= 4 is 5.91 Å². The smallest absolute Gasteiger partial charge is 0.276 e. The minimum absolute atomic E-state index is 0.0441. The molecule has 1 saturated heterocycles. The first-order chi connectivity index (χ1) is 15.3. The van der Waals surface area contributed by atoms with Crippen LogP contribution >= 0.6 is 0 Å². The maximum absolute atomic E-state index is 12.9. The van der Waals surface area contributed by atoms with Crippen LogP contribution in [0.1, 0.15) is 40.2 Å². The van der Waals surface area contributed by atoms with E-state index in [1.165, 1.54) is 24.0 Å². The molecular weight excluding hydrogens is 388 g/mol. The Morgan fingerprint density at radius 1 is 0.968 bits per heavy atom. The number of amides is 1. The molecule has 1 fully saturated rings. The summed E-state index contributed by atoms with van der Waals surface area (Å²) in [5, 5.41) is 4.09. The molecule has 160 valence electrons. The molecule has 2 aromatic heterocycles. The number of rotatable bonds is 5. The second-order valence-electron chi connectivity index (χ2n) is 8.47. The van der Waals surface area contributed by atoms with Crippen molar-refractivity contribution in [2.75, 3.05) is 32.7 Å². The van der Waals surface area contributed by atoms with Crippen LogP contribution in [0, 0.1) is 0 Å². The molecule has 1 aromatic carbocycles. The lowest BCUT2D eigenvalue weighted by Crippen LogP contribution is -2.49. The van der Waals surface area contributed by atoms with E-state index in [0.717, 1.165) is 50.2 Å². The molecule has 6 heteroatoms. The fourth-order valence-electron chi connectivity index (χ4n) is 4.55. The molecule has 0 saturated carbocycles. The number of aromatic nitrogens is 2. The third kappa shape index (κ3) is 4.54. The fraction of sp³-hybridized carbons (Fsp3) is 0.400. The number of fused-ring (bicyclic) bond motifs is 1. The quantitative estimate of drug-likeness (QED) is 0.636. The van der Waals surface area contributed by atoms with Gasteiger partial charge in [-0.25, -0.2) is 0 Å². The number of hydrogen-bond acceptors (Lipinski definition) is 5. The molecule has 0 bridgehead atoms. The van der Waals surface area contributed by atoms with Gasteiger partial charge in [-0.15, -0.1) is 0 Å².